The molecule has 8 heteroatoms. The first-order chi connectivity index (χ1) is 12.4. The van der Waals surface area contributed by atoms with Crippen LogP contribution in [0, 0.1) is 11.6 Å². The Morgan fingerprint density at radius 1 is 1.19 bits per heavy atom. The zero-order chi connectivity index (χ0) is 19.1. The summed E-state index contributed by atoms with van der Waals surface area (Å²) in [4.78, 5) is 23.0. The van der Waals surface area contributed by atoms with Crippen LogP contribution in [0.2, 0.25) is 0 Å². The first kappa shape index (κ1) is 20.6. The molecule has 0 amide bonds. The van der Waals surface area contributed by atoms with E-state index in [1.807, 2.05) is 29.5 Å². The molecule has 0 aliphatic carbocycles. The van der Waals surface area contributed by atoms with Gasteiger partial charge in [-0.3, -0.25) is 4.79 Å². The van der Waals surface area contributed by atoms with E-state index in [2.05, 4.69) is 0 Å². The lowest BCUT2D eigenvalue weighted by Crippen LogP contribution is -2.17. The molecule has 0 fully saturated rings. The van der Waals surface area contributed by atoms with Crippen LogP contribution < -0.4 is 10.4 Å². The molecule has 1 heterocycles. The number of carbonyl (C=O) groups is 1. The Bertz CT molecular complexity index is 821. The third kappa shape index (κ3) is 5.65. The minimum absolute atomic E-state index is 0.0729. The van der Waals surface area contributed by atoms with E-state index < -0.39 is 17.3 Å². The Morgan fingerprint density at radius 3 is 2.65 bits per heavy atom. The number of hydrogen-bond acceptors (Lipinski definition) is 5. The molecule has 2 aromatic rings. The first-order valence-electron chi connectivity index (χ1n) is 8.28. The van der Waals surface area contributed by atoms with Gasteiger partial charge in [-0.25, -0.2) is 13.6 Å². The maximum Gasteiger partial charge on any atom is 0.340 e. The summed E-state index contributed by atoms with van der Waals surface area (Å²) in [6.45, 7) is 2.52. The van der Waals surface area contributed by atoms with Crippen molar-refractivity contribution in [3.63, 3.8) is 0 Å². The molecular weight excluding hydrogens is 461 g/mol. The van der Waals surface area contributed by atoms with Gasteiger partial charge in [0.1, 0.15) is 15.5 Å². The summed E-state index contributed by atoms with van der Waals surface area (Å²) in [7, 11) is 0. The third-order valence-corrected chi connectivity index (χ3v) is 5.02. The number of rotatable bonds is 9. The van der Waals surface area contributed by atoms with Crippen molar-refractivity contribution in [1.29, 1.82) is 0 Å². The highest BCUT2D eigenvalue weighted by atomic mass is 127. The SMILES string of the molecule is CCC(I)C(=O)OCCCCCOc1cc(=O)oc2c(F)cc(F)cc12. The van der Waals surface area contributed by atoms with Crippen molar-refractivity contribution in [1.82, 2.24) is 0 Å². The minimum Gasteiger partial charge on any atom is -0.493 e. The van der Waals surface area contributed by atoms with Crippen LogP contribution >= 0.6 is 22.6 Å². The number of fused-ring (bicyclic) bond motifs is 1. The van der Waals surface area contributed by atoms with Gasteiger partial charge in [-0.05, 0) is 31.7 Å². The number of ether oxygens (including phenoxy) is 2. The van der Waals surface area contributed by atoms with E-state index in [0.29, 0.717) is 25.5 Å². The standard InChI is InChI=1S/C18H19F2IO5/c1-2-14(21)18(23)25-7-5-3-4-6-24-15-10-16(22)26-17-12(15)8-11(19)9-13(17)20/h8-10,14H,2-7H2,1H3. The van der Waals surface area contributed by atoms with Gasteiger partial charge in [0.05, 0.1) is 24.7 Å². The normalized spacial score (nSPS) is 12.2. The molecule has 5 nitrogen and oxygen atoms in total. The second-order valence-electron chi connectivity index (χ2n) is 5.65. The molecule has 1 aromatic heterocycles. The number of alkyl halides is 1. The fourth-order valence-electron chi connectivity index (χ4n) is 2.27. The Balaban J connectivity index is 1.83. The fourth-order valence-corrected chi connectivity index (χ4v) is 2.45. The summed E-state index contributed by atoms with van der Waals surface area (Å²) in [5.74, 6) is -1.87. The molecule has 0 aliphatic rings. The van der Waals surface area contributed by atoms with Gasteiger partial charge >= 0.3 is 11.6 Å². The molecule has 0 saturated carbocycles. The molecule has 142 valence electrons. The Kier molecular flexibility index (Phi) is 7.80. The quantitative estimate of drug-likeness (QED) is 0.175. The zero-order valence-electron chi connectivity index (χ0n) is 14.2. The number of benzene rings is 1. The van der Waals surface area contributed by atoms with Crippen LogP contribution in [0.4, 0.5) is 8.78 Å². The average molecular weight is 480 g/mol. The molecule has 0 saturated heterocycles. The van der Waals surface area contributed by atoms with Crippen LogP contribution in [0.1, 0.15) is 32.6 Å². The number of hydrogen-bond donors (Lipinski definition) is 0. The second kappa shape index (κ2) is 9.84. The van der Waals surface area contributed by atoms with Gasteiger partial charge in [0.2, 0.25) is 0 Å². The minimum atomic E-state index is -0.954. The van der Waals surface area contributed by atoms with E-state index in [0.717, 1.165) is 25.0 Å². The molecule has 0 spiro atoms. The van der Waals surface area contributed by atoms with E-state index >= 15 is 0 Å². The van der Waals surface area contributed by atoms with Crippen molar-refractivity contribution in [2.24, 2.45) is 0 Å². The first-order valence-corrected chi connectivity index (χ1v) is 9.53. The third-order valence-electron chi connectivity index (χ3n) is 3.63. The highest BCUT2D eigenvalue weighted by Gasteiger charge is 2.14. The monoisotopic (exact) mass is 480 g/mol. The van der Waals surface area contributed by atoms with E-state index in [1.165, 1.54) is 0 Å². The predicted molar refractivity (Wildman–Crippen MR) is 101 cm³/mol. The van der Waals surface area contributed by atoms with E-state index in [-0.39, 0.29) is 33.2 Å². The predicted octanol–water partition coefficient (Wildman–Crippen LogP) is 4.38. The van der Waals surface area contributed by atoms with Crippen molar-refractivity contribution in [2.75, 3.05) is 13.2 Å². The molecule has 1 atom stereocenters. The topological polar surface area (TPSA) is 65.7 Å². The lowest BCUT2D eigenvalue weighted by atomic mass is 10.2. The van der Waals surface area contributed by atoms with Crippen LogP contribution in [0.3, 0.4) is 0 Å². The van der Waals surface area contributed by atoms with E-state index in [4.69, 9.17) is 13.9 Å². The Morgan fingerprint density at radius 2 is 1.92 bits per heavy atom. The van der Waals surface area contributed by atoms with E-state index in [1.54, 1.807) is 0 Å². The Hall–Kier alpha value is -1.71. The molecule has 26 heavy (non-hydrogen) atoms. The van der Waals surface area contributed by atoms with Gasteiger partial charge in [0.15, 0.2) is 11.4 Å². The van der Waals surface area contributed by atoms with Gasteiger partial charge in [-0.1, -0.05) is 29.5 Å². The number of carbonyl (C=O) groups excluding carboxylic acids is 1. The van der Waals surface area contributed by atoms with Crippen molar-refractivity contribution in [3.05, 3.63) is 40.3 Å². The lowest BCUT2D eigenvalue weighted by Gasteiger charge is -2.10. The highest BCUT2D eigenvalue weighted by Crippen LogP contribution is 2.27. The molecule has 1 unspecified atom stereocenters. The number of halogens is 3. The van der Waals surface area contributed by atoms with Crippen LogP contribution in [0.25, 0.3) is 11.0 Å². The van der Waals surface area contributed by atoms with Gasteiger partial charge in [-0.15, -0.1) is 0 Å². The molecular formula is C18H19F2IO5. The second-order valence-corrected chi connectivity index (χ2v) is 7.15. The molecule has 0 radical (unpaired) electrons. The summed E-state index contributed by atoms with van der Waals surface area (Å²) >= 11 is 2.05. The average Bonchev–Trinajstić information content (AvgIpc) is 2.60. The maximum absolute atomic E-state index is 13.7. The van der Waals surface area contributed by atoms with Crippen molar-refractivity contribution in [2.45, 2.75) is 36.5 Å². The lowest BCUT2D eigenvalue weighted by molar-refractivity contribution is -0.142. The summed E-state index contributed by atoms with van der Waals surface area (Å²) in [5, 5.41) is 0.0729. The number of unbranched alkanes of at least 4 members (excludes halogenated alkanes) is 2. The summed E-state index contributed by atoms with van der Waals surface area (Å²) in [6, 6.07) is 2.77. The van der Waals surface area contributed by atoms with Gasteiger partial charge in [-0.2, -0.15) is 0 Å². The van der Waals surface area contributed by atoms with Crippen LogP contribution in [-0.4, -0.2) is 23.1 Å². The van der Waals surface area contributed by atoms with Crippen molar-refractivity contribution >= 4 is 39.5 Å². The maximum atomic E-state index is 13.7. The molecule has 0 bridgehead atoms. The highest BCUT2D eigenvalue weighted by molar-refractivity contribution is 14.1. The fraction of sp³-hybridized carbons (Fsp3) is 0.444. The van der Waals surface area contributed by atoms with Crippen molar-refractivity contribution in [3.8, 4) is 5.75 Å². The summed E-state index contributed by atoms with van der Waals surface area (Å²) in [5.41, 5.74) is -1.10. The van der Waals surface area contributed by atoms with E-state index in [9.17, 15) is 18.4 Å². The molecule has 0 aliphatic heterocycles. The van der Waals surface area contributed by atoms with Gasteiger partial charge in [0, 0.05) is 6.07 Å². The Labute approximate surface area is 162 Å². The van der Waals surface area contributed by atoms with Crippen LogP contribution in [0.15, 0.2) is 27.4 Å². The summed E-state index contributed by atoms with van der Waals surface area (Å²) < 4.78 is 42.4. The smallest absolute Gasteiger partial charge is 0.340 e. The molecule has 2 rings (SSSR count). The summed E-state index contributed by atoms with van der Waals surface area (Å²) in [6.07, 6.45) is 2.79. The molecule has 1 aromatic carbocycles. The van der Waals surface area contributed by atoms with Gasteiger partial charge in [0.25, 0.3) is 0 Å². The molecule has 0 N–H and O–H groups in total. The van der Waals surface area contributed by atoms with Gasteiger partial charge < -0.3 is 13.9 Å². The van der Waals surface area contributed by atoms with Crippen molar-refractivity contribution < 1.29 is 27.5 Å². The number of esters is 1. The van der Waals surface area contributed by atoms with Crippen LogP contribution in [-0.2, 0) is 9.53 Å². The largest absolute Gasteiger partial charge is 0.493 e. The van der Waals surface area contributed by atoms with Crippen LogP contribution in [0.5, 0.6) is 5.75 Å². The zero-order valence-corrected chi connectivity index (χ0v) is 16.4.